The van der Waals surface area contributed by atoms with E-state index in [0.717, 1.165) is 55.0 Å². The van der Waals surface area contributed by atoms with Crippen LogP contribution in [0.2, 0.25) is 10.0 Å². The summed E-state index contributed by atoms with van der Waals surface area (Å²) in [7, 11) is 0. The summed E-state index contributed by atoms with van der Waals surface area (Å²) in [6.45, 7) is 7.33. The highest BCUT2D eigenvalue weighted by Gasteiger charge is 2.13. The molecule has 0 aromatic heterocycles. The first-order valence-electron chi connectivity index (χ1n) is 6.93. The van der Waals surface area contributed by atoms with Gasteiger partial charge in [-0.1, -0.05) is 29.3 Å². The van der Waals surface area contributed by atoms with Crippen LogP contribution in [0.5, 0.6) is 0 Å². The molecule has 5 heteroatoms. The number of hydrogen-bond donors (Lipinski definition) is 2. The zero-order valence-corrected chi connectivity index (χ0v) is 12.6. The zero-order valence-electron chi connectivity index (χ0n) is 11.1. The van der Waals surface area contributed by atoms with Gasteiger partial charge in [0.25, 0.3) is 0 Å². The summed E-state index contributed by atoms with van der Waals surface area (Å²) in [6, 6.07) is 5.68. The van der Waals surface area contributed by atoms with E-state index >= 15 is 0 Å². The van der Waals surface area contributed by atoms with Gasteiger partial charge in [-0.05, 0) is 12.1 Å². The monoisotopic (exact) mass is 304 g/mol. The van der Waals surface area contributed by atoms with Crippen molar-refractivity contribution in [3.05, 3.63) is 33.8 Å². The van der Waals surface area contributed by atoms with Gasteiger partial charge in [0.15, 0.2) is 0 Å². The lowest BCUT2D eigenvalue weighted by atomic mass is 10.2. The number of benzene rings is 1. The highest BCUT2D eigenvalue weighted by Crippen LogP contribution is 2.22. The number of hydrogen-bond acceptors (Lipinski definition) is 1. The minimum atomic E-state index is 0.766. The van der Waals surface area contributed by atoms with E-state index in [9.17, 15) is 0 Å². The molecule has 0 saturated carbocycles. The highest BCUT2D eigenvalue weighted by molar-refractivity contribution is 6.35. The van der Waals surface area contributed by atoms with Crippen molar-refractivity contribution in [3.8, 4) is 0 Å². The molecule has 0 spiro atoms. The standard InChI is InChI=1S/C14H20Cl2N2O/c15-13-3-1-4-14(16)12(13)11-17-5-2-6-18-7-9-19-10-8-18/h1,3-4,17H,2,5-11H2/p+2. The second-order valence-corrected chi connectivity index (χ2v) is 5.76. The number of quaternary nitrogens is 2. The van der Waals surface area contributed by atoms with Gasteiger partial charge >= 0.3 is 0 Å². The molecule has 0 atom stereocenters. The fourth-order valence-corrected chi connectivity index (χ4v) is 2.93. The molecule has 106 valence electrons. The number of rotatable bonds is 6. The van der Waals surface area contributed by atoms with Crippen LogP contribution in [0.4, 0.5) is 0 Å². The molecule has 0 aliphatic carbocycles. The van der Waals surface area contributed by atoms with Crippen LogP contribution >= 0.6 is 23.2 Å². The molecule has 0 amide bonds. The molecule has 1 heterocycles. The Morgan fingerprint density at radius 3 is 2.53 bits per heavy atom. The lowest BCUT2D eigenvalue weighted by Gasteiger charge is -2.23. The predicted molar refractivity (Wildman–Crippen MR) is 78.0 cm³/mol. The van der Waals surface area contributed by atoms with Crippen molar-refractivity contribution in [1.29, 1.82) is 0 Å². The Hall–Kier alpha value is -0.320. The van der Waals surface area contributed by atoms with E-state index in [0.29, 0.717) is 0 Å². The topological polar surface area (TPSA) is 30.3 Å². The number of halogens is 2. The van der Waals surface area contributed by atoms with Crippen LogP contribution in [0, 0.1) is 0 Å². The van der Waals surface area contributed by atoms with E-state index in [2.05, 4.69) is 5.32 Å². The summed E-state index contributed by atoms with van der Waals surface area (Å²) in [6.07, 6.45) is 1.22. The molecule has 1 saturated heterocycles. The van der Waals surface area contributed by atoms with Crippen LogP contribution in [0.1, 0.15) is 12.0 Å². The van der Waals surface area contributed by atoms with Crippen molar-refractivity contribution in [2.45, 2.75) is 13.0 Å². The number of nitrogens with one attached hydrogen (secondary N) is 1. The Labute approximate surface area is 124 Å². The van der Waals surface area contributed by atoms with Gasteiger partial charge in [0, 0.05) is 12.0 Å². The number of nitrogens with two attached hydrogens (primary N) is 1. The molecule has 1 fully saturated rings. The smallest absolute Gasteiger partial charge is 0.104 e. The van der Waals surface area contributed by atoms with Gasteiger partial charge in [-0.2, -0.15) is 0 Å². The number of morpholine rings is 1. The molecular formula is C14H22Cl2N2O+2. The Morgan fingerprint density at radius 1 is 1.16 bits per heavy atom. The highest BCUT2D eigenvalue weighted by atomic mass is 35.5. The van der Waals surface area contributed by atoms with E-state index < -0.39 is 0 Å². The van der Waals surface area contributed by atoms with Crippen LogP contribution in [0.3, 0.4) is 0 Å². The molecule has 0 unspecified atom stereocenters. The third-order valence-corrected chi connectivity index (χ3v) is 4.26. The van der Waals surface area contributed by atoms with Gasteiger partial charge < -0.3 is 15.0 Å². The van der Waals surface area contributed by atoms with E-state index in [1.807, 2.05) is 18.2 Å². The lowest BCUT2D eigenvalue weighted by Crippen LogP contribution is -3.14. The quantitative estimate of drug-likeness (QED) is 0.731. The molecule has 1 aliphatic rings. The molecule has 0 bridgehead atoms. The SMILES string of the molecule is Clc1cccc(Cl)c1C[NH2+]CCC[NH+]1CCOCC1. The van der Waals surface area contributed by atoms with Crippen molar-refractivity contribution in [2.75, 3.05) is 39.4 Å². The maximum Gasteiger partial charge on any atom is 0.104 e. The first-order chi connectivity index (χ1) is 9.27. The third-order valence-electron chi connectivity index (χ3n) is 3.55. The van der Waals surface area contributed by atoms with Crippen molar-refractivity contribution in [3.63, 3.8) is 0 Å². The van der Waals surface area contributed by atoms with Gasteiger partial charge in [0.1, 0.15) is 19.6 Å². The third kappa shape index (κ3) is 4.93. The molecule has 3 nitrogen and oxygen atoms in total. The second-order valence-electron chi connectivity index (χ2n) is 4.95. The molecular weight excluding hydrogens is 283 g/mol. The first-order valence-corrected chi connectivity index (χ1v) is 7.69. The van der Waals surface area contributed by atoms with E-state index in [-0.39, 0.29) is 0 Å². The van der Waals surface area contributed by atoms with Crippen LogP contribution in [0.25, 0.3) is 0 Å². The lowest BCUT2D eigenvalue weighted by molar-refractivity contribution is -0.909. The molecule has 19 heavy (non-hydrogen) atoms. The molecule has 2 rings (SSSR count). The Kier molecular flexibility index (Phi) is 6.41. The summed E-state index contributed by atoms with van der Waals surface area (Å²) in [5.41, 5.74) is 1.05. The normalized spacial score (nSPS) is 16.7. The van der Waals surface area contributed by atoms with Gasteiger partial charge in [0.05, 0.1) is 36.3 Å². The Bertz CT molecular complexity index is 375. The summed E-state index contributed by atoms with van der Waals surface area (Å²) >= 11 is 12.3. The average Bonchev–Trinajstić information content (AvgIpc) is 2.42. The minimum absolute atomic E-state index is 0.766. The average molecular weight is 305 g/mol. The molecule has 1 aromatic rings. The van der Waals surface area contributed by atoms with E-state index in [1.165, 1.54) is 13.0 Å². The predicted octanol–water partition coefficient (Wildman–Crippen LogP) is 0.362. The minimum Gasteiger partial charge on any atom is -0.370 e. The van der Waals surface area contributed by atoms with Crippen LogP contribution < -0.4 is 10.2 Å². The maximum atomic E-state index is 6.14. The van der Waals surface area contributed by atoms with Crippen molar-refractivity contribution in [2.24, 2.45) is 0 Å². The first kappa shape index (κ1) is 15.1. The van der Waals surface area contributed by atoms with E-state index in [4.69, 9.17) is 27.9 Å². The maximum absolute atomic E-state index is 6.14. The van der Waals surface area contributed by atoms with Crippen molar-refractivity contribution >= 4 is 23.2 Å². The van der Waals surface area contributed by atoms with Gasteiger partial charge in [-0.3, -0.25) is 0 Å². The summed E-state index contributed by atoms with van der Waals surface area (Å²) < 4.78 is 5.35. The Morgan fingerprint density at radius 2 is 1.84 bits per heavy atom. The van der Waals surface area contributed by atoms with E-state index in [1.54, 1.807) is 4.90 Å². The Balaban J connectivity index is 1.63. The van der Waals surface area contributed by atoms with Crippen molar-refractivity contribution < 1.29 is 15.0 Å². The summed E-state index contributed by atoms with van der Waals surface area (Å²) in [4.78, 5) is 1.66. The van der Waals surface area contributed by atoms with Gasteiger partial charge in [-0.25, -0.2) is 0 Å². The molecule has 1 aliphatic heterocycles. The van der Waals surface area contributed by atoms with Crippen LogP contribution in [0.15, 0.2) is 18.2 Å². The fourth-order valence-electron chi connectivity index (χ4n) is 2.38. The zero-order chi connectivity index (χ0) is 13.5. The van der Waals surface area contributed by atoms with Gasteiger partial charge in [0.2, 0.25) is 0 Å². The second kappa shape index (κ2) is 8.08. The van der Waals surface area contributed by atoms with Gasteiger partial charge in [-0.15, -0.1) is 0 Å². The summed E-state index contributed by atoms with van der Waals surface area (Å²) in [5.74, 6) is 0. The summed E-state index contributed by atoms with van der Waals surface area (Å²) in [5, 5.41) is 3.82. The molecule has 1 aromatic carbocycles. The fraction of sp³-hybridized carbons (Fsp3) is 0.571. The number of ether oxygens (including phenoxy) is 1. The van der Waals surface area contributed by atoms with Crippen molar-refractivity contribution in [1.82, 2.24) is 0 Å². The van der Waals surface area contributed by atoms with Crippen LogP contribution in [-0.4, -0.2) is 39.4 Å². The van der Waals surface area contributed by atoms with Crippen LogP contribution in [-0.2, 0) is 11.3 Å². The largest absolute Gasteiger partial charge is 0.370 e. The molecule has 3 N–H and O–H groups in total. The molecule has 0 radical (unpaired) electrons.